The lowest BCUT2D eigenvalue weighted by Gasteiger charge is -2.12. The molecular formula is C17H18N6O4. The van der Waals surface area contributed by atoms with Gasteiger partial charge in [-0.3, -0.25) is 19.5 Å². The zero-order valence-electron chi connectivity index (χ0n) is 14.6. The number of imide groups is 1. The molecule has 0 radical (unpaired) electrons. The minimum atomic E-state index is -1.06. The summed E-state index contributed by atoms with van der Waals surface area (Å²) in [4.78, 5) is 52.7. The Bertz CT molecular complexity index is 1130. The van der Waals surface area contributed by atoms with E-state index < -0.39 is 29.7 Å². The molecule has 10 nitrogen and oxygen atoms in total. The molecule has 3 amide bonds. The van der Waals surface area contributed by atoms with Crippen molar-refractivity contribution >= 4 is 23.1 Å². The molecule has 27 heavy (non-hydrogen) atoms. The summed E-state index contributed by atoms with van der Waals surface area (Å²) in [5, 5.41) is 1.85. The van der Waals surface area contributed by atoms with Gasteiger partial charge >= 0.3 is 11.7 Å². The van der Waals surface area contributed by atoms with Crippen LogP contribution < -0.4 is 22.3 Å². The first-order chi connectivity index (χ1) is 12.9. The summed E-state index contributed by atoms with van der Waals surface area (Å²) in [6.07, 6.45) is 1.47. The van der Waals surface area contributed by atoms with Crippen molar-refractivity contribution in [3.8, 4) is 0 Å². The zero-order valence-corrected chi connectivity index (χ0v) is 14.6. The fraction of sp³-hybridized carbons (Fsp3) is 0.235. The largest absolute Gasteiger partial charge is 0.351 e. The maximum absolute atomic E-state index is 12.9. The van der Waals surface area contributed by atoms with Crippen LogP contribution in [0.5, 0.6) is 0 Å². The predicted octanol–water partition coefficient (Wildman–Crippen LogP) is -0.377. The number of fused-ring (bicyclic) bond motifs is 1. The number of carbonyl (C=O) groups is 2. The summed E-state index contributed by atoms with van der Waals surface area (Å²) < 4.78 is 3.70. The number of urea groups is 1. The van der Waals surface area contributed by atoms with E-state index in [2.05, 4.69) is 4.98 Å². The lowest BCUT2D eigenvalue weighted by molar-refractivity contribution is -0.120. The number of primary amides is 1. The van der Waals surface area contributed by atoms with E-state index in [1.54, 1.807) is 4.57 Å². The first kappa shape index (κ1) is 18.1. The van der Waals surface area contributed by atoms with Gasteiger partial charge in [0.15, 0.2) is 11.2 Å². The number of carbonyl (C=O) groups excluding carboxylic acids is 2. The molecule has 0 saturated carbocycles. The lowest BCUT2D eigenvalue weighted by Crippen LogP contribution is -2.46. The molecule has 3 rings (SSSR count). The monoisotopic (exact) mass is 370 g/mol. The van der Waals surface area contributed by atoms with Gasteiger partial charge in [0.1, 0.15) is 6.54 Å². The number of imidazole rings is 1. The molecule has 0 aliphatic heterocycles. The molecular weight excluding hydrogens is 352 g/mol. The fourth-order valence-electron chi connectivity index (χ4n) is 2.85. The fourth-order valence-corrected chi connectivity index (χ4v) is 2.85. The topological polar surface area (TPSA) is 134 Å². The predicted molar refractivity (Wildman–Crippen MR) is 97.2 cm³/mol. The standard InChI is InChI=1S/C17H18N6O4/c1-2-21-10-19-14-13(21)15(25)23(9-12(24)20-16(18)26)17(27)22(14)8-11-6-4-3-5-7-11/h3-7,10H,2,8-9H2,1H3,(H3,18,20,24,26). The molecule has 0 fully saturated rings. The highest BCUT2D eigenvalue weighted by atomic mass is 16.2. The SMILES string of the molecule is CCn1cnc2c1c(=O)n(CC(=O)NC(N)=O)c(=O)n2Cc1ccccc1. The molecule has 140 valence electrons. The Morgan fingerprint density at radius 2 is 1.85 bits per heavy atom. The second kappa shape index (κ2) is 7.28. The van der Waals surface area contributed by atoms with Gasteiger partial charge in [0.25, 0.3) is 5.56 Å². The van der Waals surface area contributed by atoms with Crippen LogP contribution in [0, 0.1) is 0 Å². The van der Waals surface area contributed by atoms with Crippen LogP contribution in [0.4, 0.5) is 4.79 Å². The van der Waals surface area contributed by atoms with Crippen molar-refractivity contribution in [2.75, 3.05) is 0 Å². The molecule has 10 heteroatoms. The van der Waals surface area contributed by atoms with Crippen molar-refractivity contribution in [2.45, 2.75) is 26.6 Å². The van der Waals surface area contributed by atoms with Crippen molar-refractivity contribution in [3.05, 3.63) is 63.1 Å². The van der Waals surface area contributed by atoms with Crippen LogP contribution in [-0.2, 0) is 24.4 Å². The highest BCUT2D eigenvalue weighted by Gasteiger charge is 2.19. The van der Waals surface area contributed by atoms with E-state index in [1.807, 2.05) is 42.6 Å². The number of aromatic nitrogens is 4. The van der Waals surface area contributed by atoms with Crippen LogP contribution in [0.2, 0.25) is 0 Å². The van der Waals surface area contributed by atoms with Crippen molar-refractivity contribution in [2.24, 2.45) is 5.73 Å². The minimum Gasteiger partial charge on any atom is -0.351 e. The number of nitrogens with one attached hydrogen (secondary N) is 1. The van der Waals surface area contributed by atoms with Crippen LogP contribution in [-0.4, -0.2) is 30.6 Å². The summed E-state index contributed by atoms with van der Waals surface area (Å²) in [6, 6.07) is 8.13. The molecule has 3 N–H and O–H groups in total. The van der Waals surface area contributed by atoms with Gasteiger partial charge in [-0.1, -0.05) is 30.3 Å². The van der Waals surface area contributed by atoms with E-state index in [4.69, 9.17) is 5.73 Å². The highest BCUT2D eigenvalue weighted by molar-refractivity contribution is 5.93. The third-order valence-electron chi connectivity index (χ3n) is 4.07. The third kappa shape index (κ3) is 3.50. The molecule has 3 aromatic rings. The number of nitrogens with zero attached hydrogens (tertiary/aromatic N) is 4. The first-order valence-corrected chi connectivity index (χ1v) is 8.24. The molecule has 0 unspecified atom stereocenters. The summed E-state index contributed by atoms with van der Waals surface area (Å²) in [7, 11) is 0. The third-order valence-corrected chi connectivity index (χ3v) is 4.07. The van der Waals surface area contributed by atoms with Gasteiger partial charge in [0.2, 0.25) is 5.91 Å². The Morgan fingerprint density at radius 3 is 2.48 bits per heavy atom. The number of benzene rings is 1. The summed E-state index contributed by atoms with van der Waals surface area (Å²) >= 11 is 0. The maximum atomic E-state index is 12.9. The number of hydrogen-bond donors (Lipinski definition) is 2. The van der Waals surface area contributed by atoms with Crippen molar-refractivity contribution in [1.29, 1.82) is 0 Å². The Morgan fingerprint density at radius 1 is 1.15 bits per heavy atom. The Hall–Kier alpha value is -3.69. The average molecular weight is 370 g/mol. The molecule has 0 aliphatic carbocycles. The van der Waals surface area contributed by atoms with Crippen molar-refractivity contribution in [1.82, 2.24) is 24.0 Å². The maximum Gasteiger partial charge on any atom is 0.333 e. The number of aryl methyl sites for hydroxylation is 1. The van der Waals surface area contributed by atoms with Gasteiger partial charge in [-0.2, -0.15) is 0 Å². The van der Waals surface area contributed by atoms with Crippen LogP contribution in [0.15, 0.2) is 46.2 Å². The zero-order chi connectivity index (χ0) is 19.6. The molecule has 2 aromatic heterocycles. The second-order valence-corrected chi connectivity index (χ2v) is 5.86. The van der Waals surface area contributed by atoms with E-state index in [-0.39, 0.29) is 17.7 Å². The van der Waals surface area contributed by atoms with Crippen LogP contribution in [0.3, 0.4) is 0 Å². The van der Waals surface area contributed by atoms with Crippen molar-refractivity contribution < 1.29 is 9.59 Å². The van der Waals surface area contributed by atoms with E-state index >= 15 is 0 Å². The average Bonchev–Trinajstić information content (AvgIpc) is 3.06. The number of nitrogens with two attached hydrogens (primary N) is 1. The normalized spacial score (nSPS) is 10.9. The molecule has 1 aromatic carbocycles. The molecule has 0 saturated heterocycles. The molecule has 0 atom stereocenters. The summed E-state index contributed by atoms with van der Waals surface area (Å²) in [6.45, 7) is 1.84. The Labute approximate surface area is 152 Å². The van der Waals surface area contributed by atoms with Crippen molar-refractivity contribution in [3.63, 3.8) is 0 Å². The van der Waals surface area contributed by atoms with E-state index in [0.717, 1.165) is 10.1 Å². The van der Waals surface area contributed by atoms with Gasteiger partial charge in [0, 0.05) is 6.54 Å². The molecule has 2 heterocycles. The second-order valence-electron chi connectivity index (χ2n) is 5.86. The minimum absolute atomic E-state index is 0.175. The van der Waals surface area contributed by atoms with Gasteiger partial charge in [-0.25, -0.2) is 19.1 Å². The molecule has 0 aliphatic rings. The molecule has 0 spiro atoms. The number of hydrogen-bond acceptors (Lipinski definition) is 5. The number of amides is 3. The Balaban J connectivity index is 2.20. The van der Waals surface area contributed by atoms with Crippen LogP contribution >= 0.6 is 0 Å². The van der Waals surface area contributed by atoms with E-state index in [0.29, 0.717) is 6.54 Å². The van der Waals surface area contributed by atoms with Crippen LogP contribution in [0.1, 0.15) is 12.5 Å². The van der Waals surface area contributed by atoms with E-state index in [9.17, 15) is 19.2 Å². The molecule has 0 bridgehead atoms. The summed E-state index contributed by atoms with van der Waals surface area (Å²) in [5.74, 6) is -0.852. The van der Waals surface area contributed by atoms with Crippen LogP contribution in [0.25, 0.3) is 11.2 Å². The van der Waals surface area contributed by atoms with Gasteiger partial charge < -0.3 is 10.3 Å². The van der Waals surface area contributed by atoms with Gasteiger partial charge in [0.05, 0.1) is 12.9 Å². The highest BCUT2D eigenvalue weighted by Crippen LogP contribution is 2.09. The summed E-state index contributed by atoms with van der Waals surface area (Å²) in [5.41, 5.74) is 4.85. The smallest absolute Gasteiger partial charge is 0.333 e. The Kier molecular flexibility index (Phi) is 4.88. The quantitative estimate of drug-likeness (QED) is 0.631. The lowest BCUT2D eigenvalue weighted by atomic mass is 10.2. The first-order valence-electron chi connectivity index (χ1n) is 8.24. The number of rotatable bonds is 5. The van der Waals surface area contributed by atoms with Gasteiger partial charge in [-0.15, -0.1) is 0 Å². The van der Waals surface area contributed by atoms with Gasteiger partial charge in [-0.05, 0) is 12.5 Å². The van der Waals surface area contributed by atoms with E-state index in [1.165, 1.54) is 10.9 Å².